The first-order valence-electron chi connectivity index (χ1n) is 11.2. The maximum Gasteiger partial charge on any atom is 0.0574 e. The van der Waals surface area contributed by atoms with Crippen molar-refractivity contribution in [3.63, 3.8) is 0 Å². The molecule has 0 spiro atoms. The van der Waals surface area contributed by atoms with Gasteiger partial charge in [0.1, 0.15) is 0 Å². The van der Waals surface area contributed by atoms with E-state index >= 15 is 0 Å². The molecule has 3 nitrogen and oxygen atoms in total. The van der Waals surface area contributed by atoms with Crippen LogP contribution in [-0.4, -0.2) is 55.2 Å². The molecule has 0 aromatic heterocycles. The Labute approximate surface area is 192 Å². The lowest BCUT2D eigenvalue weighted by molar-refractivity contribution is 0.382. The molecule has 0 bridgehead atoms. The molecule has 0 radical (unpaired) electrons. The van der Waals surface area contributed by atoms with Gasteiger partial charge in [0.2, 0.25) is 0 Å². The minimum absolute atomic E-state index is 0.556. The third-order valence-corrected chi connectivity index (χ3v) is 7.75. The number of thioether (sulfide) groups is 1. The summed E-state index contributed by atoms with van der Waals surface area (Å²) in [5.74, 6) is 0. The van der Waals surface area contributed by atoms with E-state index < -0.39 is 0 Å². The second kappa shape index (κ2) is 12.0. The minimum Gasteiger partial charge on any atom is -0.339 e. The van der Waals surface area contributed by atoms with Gasteiger partial charge in [-0.3, -0.25) is 0 Å². The molecule has 1 saturated heterocycles. The van der Waals surface area contributed by atoms with Gasteiger partial charge in [-0.1, -0.05) is 38.0 Å². The Kier molecular flexibility index (Phi) is 9.44. The van der Waals surface area contributed by atoms with Crippen LogP contribution in [-0.2, 0) is 0 Å². The first-order valence-corrected chi connectivity index (χ1v) is 13.2. The molecule has 1 atom stereocenters. The molecular formula is C25H37N3S2. The summed E-state index contributed by atoms with van der Waals surface area (Å²) >= 11 is 3.70. The van der Waals surface area contributed by atoms with E-state index in [2.05, 4.69) is 89.9 Å². The average molecular weight is 444 g/mol. The molecule has 0 N–H and O–H groups in total. The zero-order valence-electron chi connectivity index (χ0n) is 19.0. The van der Waals surface area contributed by atoms with Gasteiger partial charge in [0.25, 0.3) is 0 Å². The summed E-state index contributed by atoms with van der Waals surface area (Å²) in [6, 6.07) is 18.2. The highest BCUT2D eigenvalue weighted by Crippen LogP contribution is 2.42. The largest absolute Gasteiger partial charge is 0.339 e. The second-order valence-electron chi connectivity index (χ2n) is 8.22. The number of para-hydroxylation sites is 1. The minimum atomic E-state index is 0.556. The van der Waals surface area contributed by atoms with Gasteiger partial charge in [0.05, 0.1) is 5.69 Å². The summed E-state index contributed by atoms with van der Waals surface area (Å²) in [5.41, 5.74) is 2.62. The Morgan fingerprint density at radius 2 is 1.77 bits per heavy atom. The number of hydrogen-bond acceptors (Lipinski definition) is 5. The number of rotatable bonds is 5. The van der Waals surface area contributed by atoms with Crippen molar-refractivity contribution in [1.82, 2.24) is 9.21 Å². The fourth-order valence-electron chi connectivity index (χ4n) is 4.01. The third-order valence-electron chi connectivity index (χ3n) is 5.90. The summed E-state index contributed by atoms with van der Waals surface area (Å²) in [6.45, 7) is 5.96. The Morgan fingerprint density at radius 3 is 2.37 bits per heavy atom. The Balaban J connectivity index is 0.000000367. The molecule has 164 valence electrons. The highest BCUT2D eigenvalue weighted by atomic mass is 32.2. The smallest absolute Gasteiger partial charge is 0.0574 e. The first-order chi connectivity index (χ1) is 14.6. The molecule has 2 aromatic carbocycles. The second-order valence-corrected chi connectivity index (χ2v) is 10.3. The maximum atomic E-state index is 2.51. The summed E-state index contributed by atoms with van der Waals surface area (Å²) in [6.07, 6.45) is 8.75. The zero-order valence-corrected chi connectivity index (χ0v) is 20.6. The van der Waals surface area contributed by atoms with Crippen LogP contribution in [0.2, 0.25) is 0 Å². The Bertz CT molecular complexity index is 762. The molecule has 2 aromatic rings. The monoisotopic (exact) mass is 443 g/mol. The molecule has 5 heteroatoms. The van der Waals surface area contributed by atoms with Crippen LogP contribution < -0.4 is 4.90 Å². The number of likely N-dealkylation sites (N-methyl/N-ethyl adjacent to an activating group) is 1. The van der Waals surface area contributed by atoms with Crippen LogP contribution in [0.25, 0.3) is 0 Å². The molecule has 0 saturated carbocycles. The van der Waals surface area contributed by atoms with E-state index in [-0.39, 0.29) is 0 Å². The van der Waals surface area contributed by atoms with Gasteiger partial charge in [-0.2, -0.15) is 0 Å². The number of hydrogen-bond donors (Lipinski definition) is 0. The van der Waals surface area contributed by atoms with E-state index in [1.54, 1.807) is 0 Å². The predicted molar refractivity (Wildman–Crippen MR) is 135 cm³/mol. The Hall–Kier alpha value is -1.14. The average Bonchev–Trinajstić information content (AvgIpc) is 3.21. The summed E-state index contributed by atoms with van der Waals surface area (Å²) in [5, 5.41) is 0. The van der Waals surface area contributed by atoms with Gasteiger partial charge < -0.3 is 9.80 Å². The molecule has 1 fully saturated rings. The molecule has 2 aliphatic heterocycles. The number of unbranched alkanes of at least 4 members (excludes halogenated alkanes) is 1. The number of fused-ring (bicyclic) bond motifs is 1. The molecule has 2 heterocycles. The SMILES string of the molecule is CCCCC1CN(c2ccccc2)c2cc(SC)ccc2SN1C.CN1CCCC1. The third kappa shape index (κ3) is 6.43. The van der Waals surface area contributed by atoms with Gasteiger partial charge in [-0.15, -0.1) is 11.8 Å². The molecule has 30 heavy (non-hydrogen) atoms. The van der Waals surface area contributed by atoms with E-state index in [0.29, 0.717) is 6.04 Å². The topological polar surface area (TPSA) is 9.72 Å². The predicted octanol–water partition coefficient (Wildman–Crippen LogP) is 6.77. The van der Waals surface area contributed by atoms with Crippen molar-refractivity contribution < 1.29 is 0 Å². The molecule has 1 unspecified atom stereocenters. The van der Waals surface area contributed by atoms with Crippen LogP contribution in [0.1, 0.15) is 39.0 Å². The van der Waals surface area contributed by atoms with Gasteiger partial charge >= 0.3 is 0 Å². The van der Waals surface area contributed by atoms with Crippen molar-refractivity contribution in [3.05, 3.63) is 48.5 Å². The number of anilines is 2. The fourth-order valence-corrected chi connectivity index (χ4v) is 5.46. The van der Waals surface area contributed by atoms with Crippen molar-refractivity contribution in [2.75, 3.05) is 44.9 Å². The van der Waals surface area contributed by atoms with Gasteiger partial charge in [-0.25, -0.2) is 4.31 Å². The molecule has 2 aliphatic rings. The highest BCUT2D eigenvalue weighted by molar-refractivity contribution is 7.98. The number of likely N-dealkylation sites (tertiary alicyclic amines) is 1. The van der Waals surface area contributed by atoms with E-state index in [0.717, 1.165) is 6.54 Å². The molecular weight excluding hydrogens is 406 g/mol. The van der Waals surface area contributed by atoms with Crippen molar-refractivity contribution in [3.8, 4) is 0 Å². The summed E-state index contributed by atoms with van der Waals surface area (Å²) in [4.78, 5) is 7.54. The van der Waals surface area contributed by atoms with Gasteiger partial charge in [0, 0.05) is 28.1 Å². The van der Waals surface area contributed by atoms with Crippen molar-refractivity contribution in [2.24, 2.45) is 0 Å². The van der Waals surface area contributed by atoms with Crippen LogP contribution in [0.15, 0.2) is 58.3 Å². The van der Waals surface area contributed by atoms with E-state index in [4.69, 9.17) is 0 Å². The van der Waals surface area contributed by atoms with Crippen LogP contribution in [0, 0.1) is 0 Å². The van der Waals surface area contributed by atoms with Crippen LogP contribution in [0.4, 0.5) is 11.4 Å². The first kappa shape index (κ1) is 23.5. The molecule has 0 amide bonds. The number of nitrogens with zero attached hydrogens (tertiary/aromatic N) is 3. The van der Waals surface area contributed by atoms with Crippen LogP contribution in [0.5, 0.6) is 0 Å². The van der Waals surface area contributed by atoms with Crippen molar-refractivity contribution >= 4 is 35.1 Å². The maximum absolute atomic E-state index is 2.51. The van der Waals surface area contributed by atoms with E-state index in [1.807, 2.05) is 23.7 Å². The van der Waals surface area contributed by atoms with Gasteiger partial charge in [-0.05, 0) is 95.0 Å². The quantitative estimate of drug-likeness (QED) is 0.371. The van der Waals surface area contributed by atoms with E-state index in [9.17, 15) is 0 Å². The van der Waals surface area contributed by atoms with Crippen LogP contribution in [0.3, 0.4) is 0 Å². The zero-order chi connectivity index (χ0) is 21.3. The molecule has 0 aliphatic carbocycles. The van der Waals surface area contributed by atoms with E-state index in [1.165, 1.54) is 66.4 Å². The highest BCUT2D eigenvalue weighted by Gasteiger charge is 2.27. The molecule has 4 rings (SSSR count). The normalized spacial score (nSPS) is 19.7. The lowest BCUT2D eigenvalue weighted by Crippen LogP contribution is -2.35. The lowest BCUT2D eigenvalue weighted by atomic mass is 10.1. The van der Waals surface area contributed by atoms with Crippen molar-refractivity contribution in [2.45, 2.75) is 54.9 Å². The number of benzene rings is 2. The summed E-state index contributed by atoms with van der Waals surface area (Å²) in [7, 11) is 4.42. The standard InChI is InChI=1S/C20H26N2S2.C5H11N/c1-4-5-9-17-15-22(16-10-7-6-8-11-16)19-14-18(23-3)12-13-20(19)24-21(17)2;1-6-4-2-3-5-6/h6-8,10-14,17H,4-5,9,15H2,1-3H3;2-5H2,1H3. The lowest BCUT2D eigenvalue weighted by Gasteiger charge is -2.30. The van der Waals surface area contributed by atoms with Crippen molar-refractivity contribution in [1.29, 1.82) is 0 Å². The summed E-state index contributed by atoms with van der Waals surface area (Å²) < 4.78 is 2.45. The fraction of sp³-hybridized carbons (Fsp3) is 0.520. The van der Waals surface area contributed by atoms with Gasteiger partial charge in [0.15, 0.2) is 0 Å². The van der Waals surface area contributed by atoms with Crippen LogP contribution >= 0.6 is 23.7 Å². The Morgan fingerprint density at radius 1 is 1.03 bits per heavy atom.